The summed E-state index contributed by atoms with van der Waals surface area (Å²) in [4.78, 5) is 5.33. The molecule has 0 amide bonds. The average Bonchev–Trinajstić information content (AvgIpc) is 2.82. The maximum atomic E-state index is 12.7. The minimum atomic E-state index is -3.27. The van der Waals surface area contributed by atoms with Crippen LogP contribution in [0, 0.1) is 6.92 Å². The van der Waals surface area contributed by atoms with Gasteiger partial charge >= 0.3 is 0 Å². The van der Waals surface area contributed by atoms with Crippen molar-refractivity contribution in [3.05, 3.63) is 65.4 Å². The summed E-state index contributed by atoms with van der Waals surface area (Å²) in [5.41, 5.74) is 4.70. The molecule has 0 saturated carbocycles. The Labute approximate surface area is 165 Å². The Bertz CT molecular complexity index is 1130. The monoisotopic (exact) mass is 396 g/mol. The molecule has 0 fully saturated rings. The molecule has 0 bridgehead atoms. The number of hydrogen-bond donors (Lipinski definition) is 2. The van der Waals surface area contributed by atoms with Crippen LogP contribution in [-0.2, 0) is 16.3 Å². The molecular weight excluding hydrogens is 372 g/mol. The maximum absolute atomic E-state index is 12.7. The smallest absolute Gasteiger partial charge is 0.178 e. The van der Waals surface area contributed by atoms with E-state index < -0.39 is 9.84 Å². The molecule has 2 aromatic carbocycles. The van der Waals surface area contributed by atoms with Gasteiger partial charge in [0.25, 0.3) is 0 Å². The van der Waals surface area contributed by atoms with Crippen molar-refractivity contribution in [2.24, 2.45) is 0 Å². The normalized spacial score (nSPS) is 18.4. The number of anilines is 1. The zero-order valence-electron chi connectivity index (χ0n) is 15.9. The molecule has 6 heteroatoms. The molecule has 0 aliphatic carbocycles. The van der Waals surface area contributed by atoms with E-state index in [1.807, 2.05) is 37.3 Å². The lowest BCUT2D eigenvalue weighted by molar-refractivity contribution is 0.311. The highest BCUT2D eigenvalue weighted by molar-refractivity contribution is 7.91. The van der Waals surface area contributed by atoms with Gasteiger partial charge in [0, 0.05) is 29.2 Å². The van der Waals surface area contributed by atoms with Gasteiger partial charge in [-0.3, -0.25) is 4.98 Å². The molecule has 0 spiro atoms. The molecule has 0 saturated heterocycles. The molecule has 1 aliphatic rings. The van der Waals surface area contributed by atoms with Crippen LogP contribution in [0.25, 0.3) is 10.9 Å². The van der Waals surface area contributed by atoms with E-state index in [0.717, 1.165) is 33.4 Å². The molecule has 4 rings (SSSR count). The van der Waals surface area contributed by atoms with Crippen LogP contribution in [-0.4, -0.2) is 37.4 Å². The quantitative estimate of drug-likeness (QED) is 0.706. The molecule has 1 aromatic heterocycles. The summed E-state index contributed by atoms with van der Waals surface area (Å²) >= 11 is 0. The second kappa shape index (κ2) is 7.53. The van der Waals surface area contributed by atoms with Gasteiger partial charge in [0.15, 0.2) is 9.84 Å². The summed E-state index contributed by atoms with van der Waals surface area (Å²) in [7, 11) is -3.27. The van der Waals surface area contributed by atoms with Gasteiger partial charge in [-0.15, -0.1) is 0 Å². The Hall–Kier alpha value is -2.44. The van der Waals surface area contributed by atoms with Gasteiger partial charge in [-0.05, 0) is 49.6 Å². The predicted octanol–water partition coefficient (Wildman–Crippen LogP) is 3.45. The number of aryl methyl sites for hydroxylation is 1. The molecule has 0 radical (unpaired) electrons. The number of sulfone groups is 1. The Morgan fingerprint density at radius 3 is 2.82 bits per heavy atom. The first-order valence-electron chi connectivity index (χ1n) is 9.54. The molecule has 3 aromatic rings. The van der Waals surface area contributed by atoms with E-state index >= 15 is 0 Å². The third kappa shape index (κ3) is 3.62. The number of fused-ring (bicyclic) bond motifs is 2. The first-order chi connectivity index (χ1) is 13.5. The first-order valence-corrected chi connectivity index (χ1v) is 11.2. The van der Waals surface area contributed by atoms with Gasteiger partial charge in [-0.1, -0.05) is 29.8 Å². The van der Waals surface area contributed by atoms with Crippen LogP contribution in [0.4, 0.5) is 5.69 Å². The van der Waals surface area contributed by atoms with Crippen molar-refractivity contribution in [3.63, 3.8) is 0 Å². The average molecular weight is 397 g/mol. The predicted molar refractivity (Wildman–Crippen MR) is 112 cm³/mol. The van der Waals surface area contributed by atoms with Crippen LogP contribution in [0.1, 0.15) is 29.2 Å². The largest absolute Gasteiger partial charge is 0.395 e. The second-order valence-electron chi connectivity index (χ2n) is 7.38. The van der Waals surface area contributed by atoms with Gasteiger partial charge in [-0.25, -0.2) is 8.42 Å². The molecule has 2 heterocycles. The summed E-state index contributed by atoms with van der Waals surface area (Å²) < 4.78 is 25.3. The first kappa shape index (κ1) is 18.9. The number of benzene rings is 2. The zero-order chi connectivity index (χ0) is 19.7. The van der Waals surface area contributed by atoms with Crippen LogP contribution in [0.15, 0.2) is 53.4 Å². The number of aromatic nitrogens is 1. The van der Waals surface area contributed by atoms with Crippen LogP contribution in [0.5, 0.6) is 0 Å². The number of pyridine rings is 1. The third-order valence-corrected chi connectivity index (χ3v) is 7.18. The van der Waals surface area contributed by atoms with Crippen LogP contribution < -0.4 is 5.32 Å². The molecule has 5 nitrogen and oxygen atoms in total. The molecular formula is C22H24N2O3S. The van der Waals surface area contributed by atoms with Crippen molar-refractivity contribution in [1.82, 2.24) is 4.98 Å². The van der Waals surface area contributed by atoms with E-state index in [1.165, 1.54) is 0 Å². The highest BCUT2D eigenvalue weighted by Crippen LogP contribution is 2.35. The Morgan fingerprint density at radius 1 is 1.18 bits per heavy atom. The summed E-state index contributed by atoms with van der Waals surface area (Å²) in [5.74, 6) is 0.153. The van der Waals surface area contributed by atoms with Crippen molar-refractivity contribution < 1.29 is 13.5 Å². The lowest BCUT2D eigenvalue weighted by Crippen LogP contribution is -2.11. The van der Waals surface area contributed by atoms with E-state index in [1.54, 1.807) is 12.1 Å². The summed E-state index contributed by atoms with van der Waals surface area (Å²) in [6.07, 6.45) is 1.19. The minimum absolute atomic E-state index is 0.0267. The molecule has 1 unspecified atom stereocenters. The van der Waals surface area contributed by atoms with Gasteiger partial charge in [0.2, 0.25) is 0 Å². The number of nitrogens with zero attached hydrogens (tertiary/aromatic N) is 1. The van der Waals surface area contributed by atoms with E-state index in [-0.39, 0.29) is 18.3 Å². The number of hydrogen-bond acceptors (Lipinski definition) is 5. The highest BCUT2D eigenvalue weighted by Gasteiger charge is 2.28. The van der Waals surface area contributed by atoms with Gasteiger partial charge in [0.1, 0.15) is 0 Å². The number of aliphatic hydroxyl groups excluding tert-OH is 1. The summed E-state index contributed by atoms with van der Waals surface area (Å²) in [6.45, 7) is 2.53. The fourth-order valence-electron chi connectivity index (χ4n) is 3.91. The molecule has 2 N–H and O–H groups in total. The SMILES string of the molecule is Cc1ccc2nc(C3CCS(=O)(=O)c4ccccc4C3)cc(NCCO)c2c1. The number of aliphatic hydroxyl groups is 1. The fraction of sp³-hybridized carbons (Fsp3) is 0.318. The van der Waals surface area contributed by atoms with Gasteiger partial charge in [0.05, 0.1) is 22.8 Å². The van der Waals surface area contributed by atoms with Gasteiger partial charge in [-0.2, -0.15) is 0 Å². The summed E-state index contributed by atoms with van der Waals surface area (Å²) in [6, 6.07) is 15.4. The lowest BCUT2D eigenvalue weighted by atomic mass is 9.92. The van der Waals surface area contributed by atoms with Gasteiger partial charge < -0.3 is 10.4 Å². The maximum Gasteiger partial charge on any atom is 0.178 e. The van der Waals surface area contributed by atoms with Crippen LogP contribution >= 0.6 is 0 Å². The lowest BCUT2D eigenvalue weighted by Gasteiger charge is -2.18. The topological polar surface area (TPSA) is 79.3 Å². The molecule has 28 heavy (non-hydrogen) atoms. The van der Waals surface area contributed by atoms with Crippen molar-refractivity contribution in [2.75, 3.05) is 24.2 Å². The fourth-order valence-corrected chi connectivity index (χ4v) is 5.56. The number of nitrogens with one attached hydrogen (secondary N) is 1. The standard InChI is InChI=1S/C22H24N2O3S/c1-15-6-7-19-18(12-15)21(23-9-10-25)14-20(24-19)16-8-11-28(26,27)22-5-3-2-4-17(22)13-16/h2-7,12,14,16,25H,8-11,13H2,1H3,(H,23,24). The highest BCUT2D eigenvalue weighted by atomic mass is 32.2. The van der Waals surface area contributed by atoms with E-state index in [9.17, 15) is 13.5 Å². The Kier molecular flexibility index (Phi) is 5.08. The van der Waals surface area contributed by atoms with Crippen molar-refractivity contribution >= 4 is 26.4 Å². The second-order valence-corrected chi connectivity index (χ2v) is 9.46. The van der Waals surface area contributed by atoms with E-state index in [0.29, 0.717) is 24.3 Å². The van der Waals surface area contributed by atoms with Crippen LogP contribution in [0.3, 0.4) is 0 Å². The third-order valence-electron chi connectivity index (χ3n) is 5.34. The minimum Gasteiger partial charge on any atom is -0.395 e. The zero-order valence-corrected chi connectivity index (χ0v) is 16.7. The van der Waals surface area contributed by atoms with Crippen molar-refractivity contribution in [3.8, 4) is 0 Å². The van der Waals surface area contributed by atoms with Crippen molar-refractivity contribution in [1.29, 1.82) is 0 Å². The van der Waals surface area contributed by atoms with Crippen molar-refractivity contribution in [2.45, 2.75) is 30.6 Å². The van der Waals surface area contributed by atoms with E-state index in [2.05, 4.69) is 11.4 Å². The molecule has 146 valence electrons. The molecule has 1 aliphatic heterocycles. The summed E-state index contributed by atoms with van der Waals surface area (Å²) in [5, 5.41) is 13.5. The van der Waals surface area contributed by atoms with Crippen LogP contribution in [0.2, 0.25) is 0 Å². The molecule has 1 atom stereocenters. The number of rotatable bonds is 4. The Morgan fingerprint density at radius 2 is 2.00 bits per heavy atom. The Balaban J connectivity index is 1.80. The van der Waals surface area contributed by atoms with E-state index in [4.69, 9.17) is 4.98 Å².